The molecule has 0 aliphatic carbocycles. The quantitative estimate of drug-likeness (QED) is 0.332. The molecule has 11 heteroatoms. The van der Waals surface area contributed by atoms with E-state index in [4.69, 9.17) is 10.5 Å². The number of nitrogens with zero attached hydrogens (tertiary/aromatic N) is 4. The number of pyridine rings is 1. The Morgan fingerprint density at radius 1 is 0.971 bits per heavy atom. The Kier molecular flexibility index (Phi) is 5.79. The van der Waals surface area contributed by atoms with E-state index in [1.807, 2.05) is 31.2 Å². The molecule has 0 saturated heterocycles. The second-order valence-electron chi connectivity index (χ2n) is 7.76. The Morgan fingerprint density at radius 2 is 1.83 bits per heavy atom. The highest BCUT2D eigenvalue weighted by atomic mass is 32.2. The zero-order valence-corrected chi connectivity index (χ0v) is 20.4. The summed E-state index contributed by atoms with van der Waals surface area (Å²) < 4.78 is 39.1. The first kappa shape index (κ1) is 22.7. The number of hydrogen-bond acceptors (Lipinski definition) is 9. The smallest absolute Gasteiger partial charge is 0.273 e. The summed E-state index contributed by atoms with van der Waals surface area (Å²) >= 11 is 0.936. The molecule has 5 aromatic rings. The molecule has 0 atom stereocenters. The number of rotatable bonds is 6. The fraction of sp³-hybridized carbons (Fsp3) is 0.0833. The van der Waals surface area contributed by atoms with E-state index in [0.29, 0.717) is 39.7 Å². The number of fused-ring (bicyclic) bond motifs is 1. The minimum Gasteiger partial charge on any atom is -0.437 e. The molecular weight excluding hydrogens is 484 g/mol. The number of nitrogen functional groups attached to an aromatic ring is 1. The molecule has 0 aliphatic heterocycles. The van der Waals surface area contributed by atoms with Crippen LogP contribution in [0.1, 0.15) is 11.3 Å². The van der Waals surface area contributed by atoms with Gasteiger partial charge in [-0.25, -0.2) is 23.4 Å². The van der Waals surface area contributed by atoms with Crippen LogP contribution in [0.5, 0.6) is 11.6 Å². The number of nitrogens with one attached hydrogen (secondary N) is 1. The third-order valence-corrected chi connectivity index (χ3v) is 7.94. The van der Waals surface area contributed by atoms with E-state index in [1.165, 1.54) is 0 Å². The van der Waals surface area contributed by atoms with Gasteiger partial charge in [-0.1, -0.05) is 24.3 Å². The van der Waals surface area contributed by atoms with E-state index in [0.717, 1.165) is 22.5 Å². The van der Waals surface area contributed by atoms with Gasteiger partial charge in [0.25, 0.3) is 10.0 Å². The number of aryl methyl sites for hydroxylation is 2. The molecule has 3 heterocycles. The van der Waals surface area contributed by atoms with Crippen molar-refractivity contribution >= 4 is 44.0 Å². The van der Waals surface area contributed by atoms with Crippen LogP contribution in [0.2, 0.25) is 0 Å². The summed E-state index contributed by atoms with van der Waals surface area (Å²) in [5, 5.41) is 1.41. The maximum absolute atomic E-state index is 12.9. The summed E-state index contributed by atoms with van der Waals surface area (Å²) in [5.74, 6) is 1.04. The zero-order valence-electron chi connectivity index (χ0n) is 18.8. The first-order valence-corrected chi connectivity index (χ1v) is 12.8. The van der Waals surface area contributed by atoms with Crippen LogP contribution in [-0.2, 0) is 10.0 Å². The first-order valence-electron chi connectivity index (χ1n) is 10.5. The summed E-state index contributed by atoms with van der Waals surface area (Å²) in [7, 11) is -3.79. The predicted molar refractivity (Wildman–Crippen MR) is 136 cm³/mol. The number of sulfonamides is 1. The van der Waals surface area contributed by atoms with Crippen molar-refractivity contribution in [3.63, 3.8) is 0 Å². The topological polar surface area (TPSA) is 133 Å². The zero-order chi connectivity index (χ0) is 24.6. The van der Waals surface area contributed by atoms with Gasteiger partial charge in [0.05, 0.1) is 22.6 Å². The van der Waals surface area contributed by atoms with Crippen molar-refractivity contribution < 1.29 is 13.2 Å². The Morgan fingerprint density at radius 3 is 2.60 bits per heavy atom. The van der Waals surface area contributed by atoms with Gasteiger partial charge in [-0.05, 0) is 61.3 Å². The fourth-order valence-electron chi connectivity index (χ4n) is 3.61. The lowest BCUT2D eigenvalue weighted by Gasteiger charge is -2.16. The molecule has 0 saturated carbocycles. The summed E-state index contributed by atoms with van der Waals surface area (Å²) in [5.41, 5.74) is 8.93. The van der Waals surface area contributed by atoms with Crippen LogP contribution in [0.4, 0.5) is 11.6 Å². The Bertz CT molecular complexity index is 1670. The molecule has 0 spiro atoms. The highest BCUT2D eigenvalue weighted by molar-refractivity contribution is 7.94. The lowest BCUT2D eigenvalue weighted by Crippen LogP contribution is -2.11. The molecule has 9 nitrogen and oxygen atoms in total. The molecule has 0 unspecified atom stereocenters. The third kappa shape index (κ3) is 4.51. The van der Waals surface area contributed by atoms with Gasteiger partial charge in [0.15, 0.2) is 4.21 Å². The molecule has 2 aromatic carbocycles. The van der Waals surface area contributed by atoms with Crippen molar-refractivity contribution in [2.75, 3.05) is 10.5 Å². The van der Waals surface area contributed by atoms with Crippen molar-refractivity contribution in [1.82, 2.24) is 19.3 Å². The van der Waals surface area contributed by atoms with Crippen LogP contribution in [0, 0.1) is 13.8 Å². The van der Waals surface area contributed by atoms with Crippen molar-refractivity contribution in [3.8, 4) is 22.9 Å². The molecule has 5 rings (SSSR count). The van der Waals surface area contributed by atoms with Crippen LogP contribution in [0.15, 0.2) is 71.2 Å². The highest BCUT2D eigenvalue weighted by Crippen LogP contribution is 2.39. The van der Waals surface area contributed by atoms with E-state index < -0.39 is 10.0 Å². The van der Waals surface area contributed by atoms with Gasteiger partial charge in [-0.3, -0.25) is 4.72 Å². The Labute approximate surface area is 205 Å². The average molecular weight is 505 g/mol. The normalized spacial score (nSPS) is 11.5. The minimum atomic E-state index is -3.79. The summed E-state index contributed by atoms with van der Waals surface area (Å²) in [6.45, 7) is 3.67. The van der Waals surface area contributed by atoms with Crippen LogP contribution < -0.4 is 15.2 Å². The van der Waals surface area contributed by atoms with Crippen LogP contribution >= 0.6 is 11.5 Å². The molecule has 176 valence electrons. The van der Waals surface area contributed by atoms with E-state index in [2.05, 4.69) is 24.0 Å². The van der Waals surface area contributed by atoms with Crippen LogP contribution in [0.3, 0.4) is 0 Å². The summed E-state index contributed by atoms with van der Waals surface area (Å²) in [6, 6.07) is 16.0. The highest BCUT2D eigenvalue weighted by Gasteiger charge is 2.20. The lowest BCUT2D eigenvalue weighted by molar-refractivity contribution is 0.466. The van der Waals surface area contributed by atoms with Gasteiger partial charge >= 0.3 is 0 Å². The predicted octanol–water partition coefficient (Wildman–Crippen LogP) is 4.94. The van der Waals surface area contributed by atoms with Crippen molar-refractivity contribution in [2.45, 2.75) is 18.1 Å². The minimum absolute atomic E-state index is 0.145. The largest absolute Gasteiger partial charge is 0.437 e. The van der Waals surface area contributed by atoms with Crippen LogP contribution in [0.25, 0.3) is 22.0 Å². The summed E-state index contributed by atoms with van der Waals surface area (Å²) in [4.78, 5) is 12.6. The third-order valence-electron chi connectivity index (χ3n) is 5.24. The van der Waals surface area contributed by atoms with E-state index in [-0.39, 0.29) is 10.2 Å². The number of anilines is 2. The van der Waals surface area contributed by atoms with Crippen LogP contribution in [-0.4, -0.2) is 27.7 Å². The second kappa shape index (κ2) is 8.93. The van der Waals surface area contributed by atoms with Gasteiger partial charge in [0, 0.05) is 23.2 Å². The maximum Gasteiger partial charge on any atom is 0.273 e. The monoisotopic (exact) mass is 504 g/mol. The van der Waals surface area contributed by atoms with Gasteiger partial charge in [-0.15, -0.1) is 0 Å². The summed E-state index contributed by atoms with van der Waals surface area (Å²) in [6.07, 6.45) is 3.20. The number of benzene rings is 2. The molecule has 0 radical (unpaired) electrons. The van der Waals surface area contributed by atoms with Gasteiger partial charge in [-0.2, -0.15) is 4.37 Å². The van der Waals surface area contributed by atoms with E-state index >= 15 is 0 Å². The molecule has 0 aliphatic rings. The van der Waals surface area contributed by atoms with E-state index in [1.54, 1.807) is 49.6 Å². The number of ether oxygens (including phenoxy) is 1. The van der Waals surface area contributed by atoms with Crippen molar-refractivity contribution in [1.29, 1.82) is 0 Å². The van der Waals surface area contributed by atoms with Crippen molar-refractivity contribution in [3.05, 3.63) is 78.2 Å². The number of nitrogens with two attached hydrogens (primary N) is 1. The number of aromatic nitrogens is 4. The number of hydrogen-bond donors (Lipinski definition) is 2. The van der Waals surface area contributed by atoms with Crippen molar-refractivity contribution in [2.24, 2.45) is 0 Å². The van der Waals surface area contributed by atoms with Gasteiger partial charge in [0.1, 0.15) is 5.75 Å². The molecule has 35 heavy (non-hydrogen) atoms. The molecule has 3 aromatic heterocycles. The van der Waals surface area contributed by atoms with Gasteiger partial charge < -0.3 is 10.5 Å². The fourth-order valence-corrected chi connectivity index (χ4v) is 5.65. The SMILES string of the molecule is Cc1cc(S(=O)(=O)Nc2cccc3c(Oc4ncccc4-c4ccnc(N)n4)c(C)ccc23)sn1. The molecular formula is C24H20N6O3S2. The maximum atomic E-state index is 12.9. The van der Waals surface area contributed by atoms with Gasteiger partial charge in [0.2, 0.25) is 11.8 Å². The average Bonchev–Trinajstić information content (AvgIpc) is 3.28. The van der Waals surface area contributed by atoms with E-state index in [9.17, 15) is 8.42 Å². The molecule has 3 N–H and O–H groups in total. The lowest BCUT2D eigenvalue weighted by atomic mass is 10.0. The molecule has 0 bridgehead atoms. The Balaban J connectivity index is 1.58. The first-order chi connectivity index (χ1) is 16.8. The molecule has 0 fully saturated rings. The second-order valence-corrected chi connectivity index (χ2v) is 10.5. The molecule has 0 amide bonds. The Hall–Kier alpha value is -4.09. The standard InChI is InChI=1S/C24H20N6O3S2/c1-14-8-9-16-17(5-3-7-20(16)30-35(31,32)21-13-15(2)29-34-21)22(14)33-23-18(6-4-11-26-23)19-10-12-27-24(25)28-19/h3-13,30H,1-2H3,(H2,25,27,28).